The lowest BCUT2D eigenvalue weighted by Crippen LogP contribution is -2.58. The van der Waals surface area contributed by atoms with E-state index in [4.69, 9.17) is 22.4 Å². The summed E-state index contributed by atoms with van der Waals surface area (Å²) in [5.74, 6) is -2.24. The molecule has 5 nitrogen and oxygen atoms in total. The van der Waals surface area contributed by atoms with Gasteiger partial charge in [0.25, 0.3) is 5.54 Å². The summed E-state index contributed by atoms with van der Waals surface area (Å²) in [6, 6.07) is -0.517. The zero-order chi connectivity index (χ0) is 14.3. The lowest BCUT2D eigenvalue weighted by molar-refractivity contribution is -0.206. The second-order valence-electron chi connectivity index (χ2n) is 3.99. The van der Waals surface area contributed by atoms with E-state index in [1.165, 1.54) is 13.8 Å². The molecular formula is C9H11ClF3N3O2. The van der Waals surface area contributed by atoms with Gasteiger partial charge in [-0.15, -0.1) is 0 Å². The summed E-state index contributed by atoms with van der Waals surface area (Å²) >= 11 is 5.60. The van der Waals surface area contributed by atoms with Crippen molar-refractivity contribution in [3.8, 4) is 0 Å². The molecule has 0 saturated carbocycles. The van der Waals surface area contributed by atoms with Crippen molar-refractivity contribution in [1.82, 2.24) is 9.78 Å². The van der Waals surface area contributed by atoms with E-state index in [0.29, 0.717) is 0 Å². The van der Waals surface area contributed by atoms with Crippen LogP contribution in [0.25, 0.3) is 0 Å². The van der Waals surface area contributed by atoms with Gasteiger partial charge in [-0.2, -0.15) is 18.3 Å². The molecule has 1 atom stereocenters. The lowest BCUT2D eigenvalue weighted by Gasteiger charge is -2.29. The van der Waals surface area contributed by atoms with Crippen molar-refractivity contribution in [2.75, 3.05) is 0 Å². The van der Waals surface area contributed by atoms with Crippen LogP contribution in [0.4, 0.5) is 13.2 Å². The standard InChI is InChI=1S/C9H11ClF3N3O2/c1-4(2)16-6(5(10)3-15-16)8(14,7(17)18)9(11,12)13/h3-4H,14H2,1-2H3,(H,17,18). The van der Waals surface area contributed by atoms with Crippen molar-refractivity contribution in [2.45, 2.75) is 31.6 Å². The van der Waals surface area contributed by atoms with E-state index >= 15 is 0 Å². The first kappa shape index (κ1) is 14.8. The van der Waals surface area contributed by atoms with Crippen molar-refractivity contribution in [3.05, 3.63) is 16.9 Å². The number of carboxylic acids is 1. The van der Waals surface area contributed by atoms with E-state index in [2.05, 4.69) is 5.10 Å². The zero-order valence-corrected chi connectivity index (χ0v) is 10.2. The molecule has 0 aliphatic carbocycles. The molecule has 0 aromatic carbocycles. The van der Waals surface area contributed by atoms with Crippen LogP contribution < -0.4 is 5.73 Å². The predicted octanol–water partition coefficient (Wildman–Crippen LogP) is 1.92. The van der Waals surface area contributed by atoms with E-state index in [1.54, 1.807) is 0 Å². The van der Waals surface area contributed by atoms with Gasteiger partial charge in [-0.25, -0.2) is 4.79 Å². The summed E-state index contributed by atoms with van der Waals surface area (Å²) in [6.45, 7) is 3.07. The number of carboxylic acid groups (broad SMARTS) is 1. The molecule has 0 aliphatic rings. The summed E-state index contributed by atoms with van der Waals surface area (Å²) in [7, 11) is 0. The number of rotatable bonds is 3. The van der Waals surface area contributed by atoms with Gasteiger partial charge in [0, 0.05) is 6.04 Å². The summed E-state index contributed by atoms with van der Waals surface area (Å²) in [5, 5.41) is 12.0. The van der Waals surface area contributed by atoms with Gasteiger partial charge in [0.2, 0.25) is 0 Å². The molecule has 0 bridgehead atoms. The Kier molecular flexibility index (Phi) is 3.64. The van der Waals surface area contributed by atoms with Crippen LogP contribution in [0.3, 0.4) is 0 Å². The first-order chi connectivity index (χ1) is 8.03. The minimum absolute atomic E-state index is 0.439. The van der Waals surface area contributed by atoms with Crippen LogP contribution in [-0.4, -0.2) is 27.0 Å². The SMILES string of the molecule is CC(C)n1ncc(Cl)c1C(N)(C(=O)O)C(F)(F)F. The minimum Gasteiger partial charge on any atom is -0.479 e. The fourth-order valence-corrected chi connectivity index (χ4v) is 1.74. The summed E-state index contributed by atoms with van der Waals surface area (Å²) in [6.07, 6.45) is -4.26. The summed E-state index contributed by atoms with van der Waals surface area (Å²) in [4.78, 5) is 10.9. The normalized spacial score (nSPS) is 15.8. The third-order valence-corrected chi connectivity index (χ3v) is 2.67. The molecule has 1 rings (SSSR count). The fraction of sp³-hybridized carbons (Fsp3) is 0.556. The highest BCUT2D eigenvalue weighted by Crippen LogP contribution is 2.40. The van der Waals surface area contributed by atoms with E-state index in [0.717, 1.165) is 10.9 Å². The van der Waals surface area contributed by atoms with Gasteiger partial charge in [-0.3, -0.25) is 4.68 Å². The molecule has 0 fully saturated rings. The van der Waals surface area contributed by atoms with Gasteiger partial charge < -0.3 is 10.8 Å². The lowest BCUT2D eigenvalue weighted by atomic mass is 9.95. The molecule has 18 heavy (non-hydrogen) atoms. The van der Waals surface area contributed by atoms with Crippen LogP contribution in [0.1, 0.15) is 25.6 Å². The van der Waals surface area contributed by atoms with Gasteiger partial charge in [-0.1, -0.05) is 11.6 Å². The molecule has 1 heterocycles. The van der Waals surface area contributed by atoms with Gasteiger partial charge in [-0.05, 0) is 13.8 Å². The van der Waals surface area contributed by atoms with E-state index in [9.17, 15) is 18.0 Å². The van der Waals surface area contributed by atoms with E-state index < -0.39 is 34.4 Å². The summed E-state index contributed by atoms with van der Waals surface area (Å²) < 4.78 is 39.7. The molecule has 1 unspecified atom stereocenters. The number of halogens is 4. The molecular weight excluding hydrogens is 275 g/mol. The minimum atomic E-state index is -5.20. The Morgan fingerprint density at radius 3 is 2.39 bits per heavy atom. The largest absolute Gasteiger partial charge is 0.479 e. The number of alkyl halides is 3. The number of hydrogen-bond acceptors (Lipinski definition) is 3. The maximum absolute atomic E-state index is 12.9. The molecule has 0 radical (unpaired) electrons. The Hall–Kier alpha value is -1.28. The molecule has 1 aromatic heterocycles. The number of nitrogens with zero attached hydrogens (tertiary/aromatic N) is 2. The highest BCUT2D eigenvalue weighted by atomic mass is 35.5. The molecule has 1 aromatic rings. The number of aromatic nitrogens is 2. The van der Waals surface area contributed by atoms with E-state index in [-0.39, 0.29) is 0 Å². The second-order valence-corrected chi connectivity index (χ2v) is 4.40. The number of aliphatic carboxylic acids is 1. The maximum Gasteiger partial charge on any atom is 0.423 e. The van der Waals surface area contributed by atoms with Gasteiger partial charge in [0.05, 0.1) is 16.9 Å². The van der Waals surface area contributed by atoms with Crippen molar-refractivity contribution in [1.29, 1.82) is 0 Å². The zero-order valence-electron chi connectivity index (χ0n) is 9.49. The molecule has 0 spiro atoms. The molecule has 3 N–H and O–H groups in total. The highest BCUT2D eigenvalue weighted by molar-refractivity contribution is 6.31. The predicted molar refractivity (Wildman–Crippen MR) is 57.2 cm³/mol. The Balaban J connectivity index is 3.59. The Bertz CT molecular complexity index is 472. The number of nitrogens with two attached hydrogens (primary N) is 1. The highest BCUT2D eigenvalue weighted by Gasteiger charge is 2.62. The third kappa shape index (κ3) is 2.05. The maximum atomic E-state index is 12.9. The van der Waals surface area contributed by atoms with Crippen LogP contribution >= 0.6 is 11.6 Å². The average molecular weight is 286 g/mol. The average Bonchev–Trinajstić information content (AvgIpc) is 2.57. The molecule has 0 aliphatic heterocycles. The molecule has 102 valence electrons. The van der Waals surface area contributed by atoms with Crippen molar-refractivity contribution < 1.29 is 23.1 Å². The van der Waals surface area contributed by atoms with Crippen LogP contribution in [0.2, 0.25) is 5.02 Å². The Morgan fingerprint density at radius 1 is 1.56 bits per heavy atom. The third-order valence-electron chi connectivity index (χ3n) is 2.40. The molecule has 9 heteroatoms. The smallest absolute Gasteiger partial charge is 0.423 e. The van der Waals surface area contributed by atoms with Crippen molar-refractivity contribution in [2.24, 2.45) is 5.73 Å². The van der Waals surface area contributed by atoms with Crippen molar-refractivity contribution >= 4 is 17.6 Å². The first-order valence-electron chi connectivity index (χ1n) is 4.86. The van der Waals surface area contributed by atoms with Gasteiger partial charge in [0.1, 0.15) is 0 Å². The van der Waals surface area contributed by atoms with Crippen LogP contribution in [0.5, 0.6) is 0 Å². The second kappa shape index (κ2) is 4.43. The monoisotopic (exact) mass is 285 g/mol. The molecule has 0 saturated heterocycles. The van der Waals surface area contributed by atoms with Gasteiger partial charge in [0.15, 0.2) is 0 Å². The van der Waals surface area contributed by atoms with Crippen LogP contribution in [0, 0.1) is 0 Å². The Morgan fingerprint density at radius 2 is 2.06 bits per heavy atom. The number of carbonyl (C=O) groups is 1. The first-order valence-corrected chi connectivity index (χ1v) is 5.23. The Labute approximate surface area is 105 Å². The summed E-state index contributed by atoms with van der Waals surface area (Å²) in [5.41, 5.74) is 0.682. The fourth-order valence-electron chi connectivity index (χ4n) is 1.46. The van der Waals surface area contributed by atoms with Crippen LogP contribution in [0.15, 0.2) is 6.20 Å². The van der Waals surface area contributed by atoms with Crippen molar-refractivity contribution in [3.63, 3.8) is 0 Å². The van der Waals surface area contributed by atoms with E-state index in [1.807, 2.05) is 0 Å². The number of hydrogen-bond donors (Lipinski definition) is 2. The molecule has 0 amide bonds. The van der Waals surface area contributed by atoms with Gasteiger partial charge >= 0.3 is 12.1 Å². The van der Waals surface area contributed by atoms with Crippen LogP contribution in [-0.2, 0) is 10.3 Å². The quantitative estimate of drug-likeness (QED) is 0.889. The topological polar surface area (TPSA) is 81.1 Å².